The van der Waals surface area contributed by atoms with E-state index in [9.17, 15) is 0 Å². The van der Waals surface area contributed by atoms with E-state index in [0.29, 0.717) is 0 Å². The summed E-state index contributed by atoms with van der Waals surface area (Å²) in [4.78, 5) is 0. The van der Waals surface area contributed by atoms with E-state index in [1.54, 1.807) is 0 Å². The van der Waals surface area contributed by atoms with Crippen LogP contribution < -0.4 is 0 Å². The van der Waals surface area contributed by atoms with E-state index in [1.807, 2.05) is 22.7 Å². The molecule has 2 aromatic heterocycles. The molecule has 0 aliphatic heterocycles. The predicted molar refractivity (Wildman–Crippen MR) is 137 cm³/mol. The summed E-state index contributed by atoms with van der Waals surface area (Å²) in [5, 5.41) is 5.55. The Balaban J connectivity index is 1.79. The van der Waals surface area contributed by atoms with Gasteiger partial charge in [0.2, 0.25) is 0 Å². The molecule has 0 saturated heterocycles. The first-order chi connectivity index (χ1) is 14.5. The minimum atomic E-state index is 1.32. The third-order valence-corrected chi connectivity index (χ3v) is 8.35. The van der Waals surface area contributed by atoms with E-state index < -0.39 is 0 Å². The zero-order valence-corrected chi connectivity index (χ0v) is 19.2. The maximum atomic E-state index is 2.39. The highest BCUT2D eigenvalue weighted by Crippen LogP contribution is 2.46. The molecule has 0 unspecified atom stereocenters. The highest BCUT2D eigenvalue weighted by Gasteiger charge is 2.17. The number of thiophene rings is 2. The molecule has 0 amide bonds. The molecule has 146 valence electrons. The van der Waals surface area contributed by atoms with Gasteiger partial charge in [0, 0.05) is 45.9 Å². The minimum absolute atomic E-state index is 1.32. The smallest absolute Gasteiger partial charge is 0.0434 e. The van der Waals surface area contributed by atoms with Crippen molar-refractivity contribution in [2.45, 2.75) is 27.7 Å². The molecule has 0 saturated carbocycles. The molecule has 0 bridgehead atoms. The third kappa shape index (κ3) is 2.64. The first-order valence-electron chi connectivity index (χ1n) is 10.4. The molecule has 6 aromatic rings. The van der Waals surface area contributed by atoms with Crippen LogP contribution in [0.4, 0.5) is 0 Å². The van der Waals surface area contributed by atoms with Gasteiger partial charge in [0.1, 0.15) is 0 Å². The molecule has 0 N–H and O–H groups in total. The molecule has 4 aromatic carbocycles. The van der Waals surface area contributed by atoms with Crippen molar-refractivity contribution in [3.8, 4) is 11.1 Å². The second-order valence-electron chi connectivity index (χ2n) is 8.58. The van der Waals surface area contributed by atoms with Gasteiger partial charge in [-0.2, -0.15) is 0 Å². The van der Waals surface area contributed by atoms with Gasteiger partial charge in [-0.1, -0.05) is 29.8 Å². The van der Waals surface area contributed by atoms with Gasteiger partial charge in [-0.25, -0.2) is 0 Å². The zero-order chi connectivity index (χ0) is 20.6. The van der Waals surface area contributed by atoms with Gasteiger partial charge in [-0.3, -0.25) is 0 Å². The van der Waals surface area contributed by atoms with Gasteiger partial charge in [0.05, 0.1) is 0 Å². The van der Waals surface area contributed by atoms with Gasteiger partial charge in [-0.15, -0.1) is 22.7 Å². The van der Waals surface area contributed by atoms with E-state index in [1.165, 1.54) is 73.7 Å². The molecular weight excluding hydrogens is 400 g/mol. The van der Waals surface area contributed by atoms with E-state index in [2.05, 4.69) is 88.4 Å². The molecular formula is C28H22S2. The van der Waals surface area contributed by atoms with Crippen LogP contribution in [0.3, 0.4) is 0 Å². The predicted octanol–water partition coefficient (Wildman–Crippen LogP) is 9.32. The summed E-state index contributed by atoms with van der Waals surface area (Å²) in [5.41, 5.74) is 8.04. The quantitative estimate of drug-likeness (QED) is 0.247. The van der Waals surface area contributed by atoms with Crippen molar-refractivity contribution >= 4 is 63.0 Å². The second kappa shape index (κ2) is 6.41. The van der Waals surface area contributed by atoms with Crippen LogP contribution >= 0.6 is 22.7 Å². The summed E-state index contributed by atoms with van der Waals surface area (Å²) < 4.78 is 5.54. The molecule has 0 nitrogen and oxygen atoms in total. The molecule has 0 aliphatic carbocycles. The Kier molecular flexibility index (Phi) is 3.87. The Bertz CT molecular complexity index is 1630. The fourth-order valence-corrected chi connectivity index (χ4v) is 7.22. The third-order valence-electron chi connectivity index (χ3n) is 6.03. The molecule has 2 heteroatoms. The average Bonchev–Trinajstić information content (AvgIpc) is 3.23. The van der Waals surface area contributed by atoms with Gasteiger partial charge < -0.3 is 0 Å². The van der Waals surface area contributed by atoms with Crippen LogP contribution in [0.2, 0.25) is 0 Å². The van der Waals surface area contributed by atoms with E-state index in [0.717, 1.165) is 0 Å². The van der Waals surface area contributed by atoms with Crippen molar-refractivity contribution < 1.29 is 0 Å². The van der Waals surface area contributed by atoms with Crippen molar-refractivity contribution in [3.05, 3.63) is 82.9 Å². The van der Waals surface area contributed by atoms with Crippen LogP contribution in [-0.2, 0) is 0 Å². The minimum Gasteiger partial charge on any atom is -0.135 e. The Morgan fingerprint density at radius 3 is 2.00 bits per heavy atom. The summed E-state index contributed by atoms with van der Waals surface area (Å²) in [6.45, 7) is 8.81. The summed E-state index contributed by atoms with van der Waals surface area (Å²) in [6, 6.07) is 23.2. The highest BCUT2D eigenvalue weighted by molar-refractivity contribution is 7.26. The van der Waals surface area contributed by atoms with E-state index in [4.69, 9.17) is 0 Å². The van der Waals surface area contributed by atoms with Crippen molar-refractivity contribution in [1.82, 2.24) is 0 Å². The molecule has 0 atom stereocenters. The summed E-state index contributed by atoms with van der Waals surface area (Å²) in [5.74, 6) is 0. The molecule has 0 spiro atoms. The molecule has 2 heterocycles. The van der Waals surface area contributed by atoms with Crippen molar-refractivity contribution in [1.29, 1.82) is 0 Å². The number of benzene rings is 4. The summed E-state index contributed by atoms with van der Waals surface area (Å²) >= 11 is 3.85. The topological polar surface area (TPSA) is 0 Å². The SMILES string of the molecule is Cc1ccc2c(c1)sc1cc(C)cc(-c3cc(C)cc4c3sc3ccc(C)cc34)c12. The van der Waals surface area contributed by atoms with Gasteiger partial charge in [-0.05, 0) is 86.3 Å². The lowest BCUT2D eigenvalue weighted by Crippen LogP contribution is -1.85. The molecule has 6 rings (SSSR count). The van der Waals surface area contributed by atoms with Crippen LogP contribution in [-0.4, -0.2) is 0 Å². The van der Waals surface area contributed by atoms with Crippen LogP contribution in [0, 0.1) is 27.7 Å². The number of rotatable bonds is 1. The van der Waals surface area contributed by atoms with E-state index >= 15 is 0 Å². The normalized spacial score (nSPS) is 12.0. The monoisotopic (exact) mass is 422 g/mol. The lowest BCUT2D eigenvalue weighted by molar-refractivity contribution is 1.49. The van der Waals surface area contributed by atoms with Crippen molar-refractivity contribution in [2.24, 2.45) is 0 Å². The summed E-state index contributed by atoms with van der Waals surface area (Å²) in [7, 11) is 0. The first-order valence-corrected chi connectivity index (χ1v) is 12.0. The van der Waals surface area contributed by atoms with Crippen LogP contribution in [0.1, 0.15) is 22.3 Å². The fourth-order valence-electron chi connectivity index (χ4n) is 4.70. The van der Waals surface area contributed by atoms with E-state index in [-0.39, 0.29) is 0 Å². The van der Waals surface area contributed by atoms with Crippen LogP contribution in [0.5, 0.6) is 0 Å². The van der Waals surface area contributed by atoms with Crippen molar-refractivity contribution in [3.63, 3.8) is 0 Å². The molecule has 0 aliphatic rings. The van der Waals surface area contributed by atoms with Gasteiger partial charge >= 0.3 is 0 Å². The molecule has 30 heavy (non-hydrogen) atoms. The van der Waals surface area contributed by atoms with Gasteiger partial charge in [0.15, 0.2) is 0 Å². The fraction of sp³-hybridized carbons (Fsp3) is 0.143. The Morgan fingerprint density at radius 2 is 1.13 bits per heavy atom. The number of hydrogen-bond donors (Lipinski definition) is 0. The average molecular weight is 423 g/mol. The number of hydrogen-bond acceptors (Lipinski definition) is 2. The second-order valence-corrected chi connectivity index (χ2v) is 10.7. The Labute approximate surface area is 184 Å². The first kappa shape index (κ1) is 18.1. The number of fused-ring (bicyclic) bond motifs is 6. The number of aryl methyl sites for hydroxylation is 4. The lowest BCUT2D eigenvalue weighted by Gasteiger charge is -2.10. The summed E-state index contributed by atoms with van der Waals surface area (Å²) in [6.07, 6.45) is 0. The van der Waals surface area contributed by atoms with Gasteiger partial charge in [0.25, 0.3) is 0 Å². The van der Waals surface area contributed by atoms with Crippen molar-refractivity contribution in [2.75, 3.05) is 0 Å². The maximum absolute atomic E-state index is 2.39. The standard InChI is InChI=1S/C28H22S2/c1-15-6-8-24-20(9-15)22-11-17(3)12-23(28(22)30-24)21-10-18(4)14-26-27(21)19-7-5-16(2)13-25(19)29-26/h5-14H,1-4H3. The maximum Gasteiger partial charge on any atom is 0.0434 e. The highest BCUT2D eigenvalue weighted by atomic mass is 32.1. The molecule has 0 fully saturated rings. The van der Waals surface area contributed by atoms with Crippen LogP contribution in [0.15, 0.2) is 60.7 Å². The zero-order valence-electron chi connectivity index (χ0n) is 17.6. The lowest BCUT2D eigenvalue weighted by atomic mass is 9.94. The largest absolute Gasteiger partial charge is 0.135 e. The Morgan fingerprint density at radius 1 is 0.467 bits per heavy atom. The van der Waals surface area contributed by atoms with Crippen LogP contribution in [0.25, 0.3) is 51.5 Å². The molecule has 0 radical (unpaired) electrons. The Hall–Kier alpha value is -2.68.